The Morgan fingerprint density at radius 1 is 1.32 bits per heavy atom. The molecule has 1 aromatic carbocycles. The first-order valence-electron chi connectivity index (χ1n) is 8.29. The van der Waals surface area contributed by atoms with Crippen molar-refractivity contribution in [1.82, 2.24) is 14.5 Å². The third kappa shape index (κ3) is 4.65. The number of carbonyl (C=O) groups is 1. The molecule has 1 saturated heterocycles. The average molecular weight is 345 g/mol. The summed E-state index contributed by atoms with van der Waals surface area (Å²) >= 11 is 0. The van der Waals surface area contributed by atoms with Gasteiger partial charge in [0.25, 0.3) is 0 Å². The van der Waals surface area contributed by atoms with Crippen molar-refractivity contribution in [2.75, 3.05) is 19.7 Å². The molecule has 0 radical (unpaired) electrons. The van der Waals surface area contributed by atoms with Gasteiger partial charge >= 0.3 is 5.69 Å². The van der Waals surface area contributed by atoms with Gasteiger partial charge in [-0.1, -0.05) is 0 Å². The highest BCUT2D eigenvalue weighted by atomic mass is 19.1. The lowest BCUT2D eigenvalue weighted by molar-refractivity contribution is -0.133. The Morgan fingerprint density at radius 2 is 2.12 bits per heavy atom. The topological polar surface area (TPSA) is 64.4 Å². The predicted molar refractivity (Wildman–Crippen MR) is 89.7 cm³/mol. The van der Waals surface area contributed by atoms with Crippen LogP contribution in [0.25, 0.3) is 0 Å². The van der Waals surface area contributed by atoms with Gasteiger partial charge in [0.1, 0.15) is 18.1 Å². The van der Waals surface area contributed by atoms with Crippen molar-refractivity contribution < 1.29 is 13.9 Å². The second-order valence-electron chi connectivity index (χ2n) is 6.14. The van der Waals surface area contributed by atoms with E-state index in [1.54, 1.807) is 29.3 Å². The highest BCUT2D eigenvalue weighted by Gasteiger charge is 2.24. The predicted octanol–water partition coefficient (Wildman–Crippen LogP) is 1.70. The number of halogens is 1. The molecular weight excluding hydrogens is 325 g/mol. The van der Waals surface area contributed by atoms with Gasteiger partial charge in [0.05, 0.1) is 6.61 Å². The zero-order valence-corrected chi connectivity index (χ0v) is 13.8. The summed E-state index contributed by atoms with van der Waals surface area (Å²) in [5.41, 5.74) is -0.427. The first-order valence-corrected chi connectivity index (χ1v) is 8.29. The number of ether oxygens (including phenoxy) is 1. The van der Waals surface area contributed by atoms with Crippen LogP contribution in [0.1, 0.15) is 12.8 Å². The standard InChI is InChI=1S/C18H20FN3O3/c19-15-4-6-16(7-5-15)25-13-14-3-1-9-21(11-14)17(23)12-22-10-2-8-20-18(22)24/h2,4-8,10,14H,1,3,9,11-13H2. The fourth-order valence-corrected chi connectivity index (χ4v) is 2.93. The lowest BCUT2D eigenvalue weighted by Gasteiger charge is -2.32. The van der Waals surface area contributed by atoms with Crippen molar-refractivity contribution in [2.24, 2.45) is 5.92 Å². The molecule has 2 heterocycles. The smallest absolute Gasteiger partial charge is 0.347 e. The van der Waals surface area contributed by atoms with Crippen molar-refractivity contribution in [2.45, 2.75) is 19.4 Å². The summed E-state index contributed by atoms with van der Waals surface area (Å²) < 4.78 is 19.9. The number of benzene rings is 1. The minimum atomic E-state index is -0.427. The largest absolute Gasteiger partial charge is 0.493 e. The third-order valence-electron chi connectivity index (χ3n) is 4.26. The van der Waals surface area contributed by atoms with E-state index < -0.39 is 5.69 Å². The molecule has 1 amide bonds. The summed E-state index contributed by atoms with van der Waals surface area (Å²) in [5.74, 6) is 0.439. The van der Waals surface area contributed by atoms with E-state index in [-0.39, 0.29) is 24.2 Å². The fourth-order valence-electron chi connectivity index (χ4n) is 2.93. The first kappa shape index (κ1) is 17.1. The SMILES string of the molecule is O=C(Cn1cccnc1=O)N1CCCC(COc2ccc(F)cc2)C1. The van der Waals surface area contributed by atoms with Gasteiger partial charge in [-0.3, -0.25) is 9.36 Å². The van der Waals surface area contributed by atoms with E-state index in [0.717, 1.165) is 12.8 Å². The van der Waals surface area contributed by atoms with Gasteiger partial charge in [0.2, 0.25) is 5.91 Å². The van der Waals surface area contributed by atoms with Crippen molar-refractivity contribution in [3.05, 3.63) is 59.0 Å². The molecule has 0 spiro atoms. The quantitative estimate of drug-likeness (QED) is 0.827. The van der Waals surface area contributed by atoms with Crippen LogP contribution in [0.2, 0.25) is 0 Å². The summed E-state index contributed by atoms with van der Waals surface area (Å²) in [6.45, 7) is 1.75. The molecule has 2 aromatic rings. The number of rotatable bonds is 5. The number of hydrogen-bond acceptors (Lipinski definition) is 4. The molecule has 1 unspecified atom stereocenters. The molecular formula is C18H20FN3O3. The molecule has 0 saturated carbocycles. The average Bonchev–Trinajstić information content (AvgIpc) is 2.63. The molecule has 1 fully saturated rings. The van der Waals surface area contributed by atoms with E-state index in [9.17, 15) is 14.0 Å². The van der Waals surface area contributed by atoms with Crippen LogP contribution in [0.4, 0.5) is 4.39 Å². The summed E-state index contributed by atoms with van der Waals surface area (Å²) in [5, 5.41) is 0. The Balaban J connectivity index is 1.53. The molecule has 132 valence electrons. The van der Waals surface area contributed by atoms with Crippen LogP contribution in [0.3, 0.4) is 0 Å². The van der Waals surface area contributed by atoms with E-state index in [2.05, 4.69) is 4.98 Å². The maximum absolute atomic E-state index is 12.9. The summed E-state index contributed by atoms with van der Waals surface area (Å²) in [4.78, 5) is 29.5. The van der Waals surface area contributed by atoms with Crippen LogP contribution in [0.5, 0.6) is 5.75 Å². The summed E-state index contributed by atoms with van der Waals surface area (Å²) in [6.07, 6.45) is 4.84. The molecule has 1 aliphatic heterocycles. The molecule has 1 atom stereocenters. The minimum absolute atomic E-state index is 0.00177. The zero-order valence-electron chi connectivity index (χ0n) is 13.8. The van der Waals surface area contributed by atoms with Gasteiger partial charge in [-0.2, -0.15) is 0 Å². The van der Waals surface area contributed by atoms with E-state index in [1.165, 1.54) is 22.9 Å². The Kier molecular flexibility index (Phi) is 5.42. The van der Waals surface area contributed by atoms with Crippen molar-refractivity contribution in [1.29, 1.82) is 0 Å². The Labute approximate surface area is 144 Å². The molecule has 7 heteroatoms. The van der Waals surface area contributed by atoms with Crippen LogP contribution >= 0.6 is 0 Å². The van der Waals surface area contributed by atoms with Gasteiger partial charge < -0.3 is 9.64 Å². The van der Waals surface area contributed by atoms with Crippen molar-refractivity contribution in [3.63, 3.8) is 0 Å². The zero-order chi connectivity index (χ0) is 17.6. The van der Waals surface area contributed by atoms with Crippen LogP contribution in [-0.2, 0) is 11.3 Å². The number of carbonyl (C=O) groups excluding carboxylic acids is 1. The number of likely N-dealkylation sites (tertiary alicyclic amines) is 1. The lowest BCUT2D eigenvalue weighted by Crippen LogP contribution is -2.44. The molecule has 0 bridgehead atoms. The molecule has 1 aliphatic rings. The number of amides is 1. The molecule has 0 N–H and O–H groups in total. The third-order valence-corrected chi connectivity index (χ3v) is 4.26. The molecule has 0 aliphatic carbocycles. The van der Waals surface area contributed by atoms with Crippen LogP contribution in [0.15, 0.2) is 47.5 Å². The maximum atomic E-state index is 12.9. The monoisotopic (exact) mass is 345 g/mol. The maximum Gasteiger partial charge on any atom is 0.347 e. The highest BCUT2D eigenvalue weighted by molar-refractivity contribution is 5.76. The normalized spacial score (nSPS) is 17.3. The Morgan fingerprint density at radius 3 is 2.88 bits per heavy atom. The van der Waals surface area contributed by atoms with Gasteiger partial charge in [0.15, 0.2) is 0 Å². The Hall–Kier alpha value is -2.70. The molecule has 1 aromatic heterocycles. The number of nitrogens with zero attached hydrogens (tertiary/aromatic N) is 3. The second-order valence-corrected chi connectivity index (χ2v) is 6.14. The second kappa shape index (κ2) is 7.92. The van der Waals surface area contributed by atoms with Crippen LogP contribution in [-0.4, -0.2) is 40.1 Å². The van der Waals surface area contributed by atoms with E-state index in [1.807, 2.05) is 0 Å². The van der Waals surface area contributed by atoms with E-state index >= 15 is 0 Å². The van der Waals surface area contributed by atoms with Gasteiger partial charge in [0, 0.05) is 31.4 Å². The van der Waals surface area contributed by atoms with Gasteiger partial charge in [-0.15, -0.1) is 0 Å². The fraction of sp³-hybridized carbons (Fsp3) is 0.389. The Bertz CT molecular complexity index is 776. The molecule has 3 rings (SSSR count). The minimum Gasteiger partial charge on any atom is -0.493 e. The van der Waals surface area contributed by atoms with Crippen molar-refractivity contribution >= 4 is 5.91 Å². The van der Waals surface area contributed by atoms with E-state index in [4.69, 9.17) is 4.74 Å². The number of hydrogen-bond donors (Lipinski definition) is 0. The first-order chi connectivity index (χ1) is 12.1. The van der Waals surface area contributed by atoms with E-state index in [0.29, 0.717) is 25.4 Å². The lowest BCUT2D eigenvalue weighted by atomic mass is 9.99. The highest BCUT2D eigenvalue weighted by Crippen LogP contribution is 2.19. The number of piperidine rings is 1. The molecule has 6 nitrogen and oxygen atoms in total. The molecule has 25 heavy (non-hydrogen) atoms. The van der Waals surface area contributed by atoms with Crippen LogP contribution in [0, 0.1) is 11.7 Å². The summed E-state index contributed by atoms with van der Waals surface area (Å²) in [7, 11) is 0. The van der Waals surface area contributed by atoms with Gasteiger partial charge in [-0.25, -0.2) is 14.2 Å². The van der Waals surface area contributed by atoms with Gasteiger partial charge in [-0.05, 0) is 43.2 Å². The number of aromatic nitrogens is 2. The van der Waals surface area contributed by atoms with Crippen molar-refractivity contribution in [3.8, 4) is 5.75 Å². The van der Waals surface area contributed by atoms with Crippen LogP contribution < -0.4 is 10.4 Å². The summed E-state index contributed by atoms with van der Waals surface area (Å²) in [6, 6.07) is 7.53.